The summed E-state index contributed by atoms with van der Waals surface area (Å²) in [5.74, 6) is 4.59. The Morgan fingerprint density at radius 2 is 2.24 bits per heavy atom. The van der Waals surface area contributed by atoms with E-state index in [-0.39, 0.29) is 17.7 Å². The van der Waals surface area contributed by atoms with Gasteiger partial charge in [0, 0.05) is 18.7 Å². The summed E-state index contributed by atoms with van der Waals surface area (Å²) in [5.41, 5.74) is 1.23. The van der Waals surface area contributed by atoms with Crippen LogP contribution >= 0.6 is 0 Å². The quantitative estimate of drug-likeness (QED) is 0.822. The van der Waals surface area contributed by atoms with Gasteiger partial charge in [0.2, 0.25) is 0 Å². The van der Waals surface area contributed by atoms with Gasteiger partial charge in [-0.05, 0) is 25.1 Å². The van der Waals surface area contributed by atoms with E-state index in [0.717, 1.165) is 11.8 Å². The van der Waals surface area contributed by atoms with E-state index in [4.69, 9.17) is 5.11 Å². The standard InChI is InChI=1S/C15H14FN3O2/c1-10-8-14(19(2)18-10)17-15(21)13-6-5-12(16)9-11(13)4-3-7-20/h5-6,8-9,20H,7H2,1-2H3,(H,17,21). The molecule has 1 amide bonds. The lowest BCUT2D eigenvalue weighted by atomic mass is 10.1. The second kappa shape index (κ2) is 6.20. The molecule has 0 saturated heterocycles. The molecule has 1 heterocycles. The molecule has 5 nitrogen and oxygen atoms in total. The molecule has 6 heteroatoms. The summed E-state index contributed by atoms with van der Waals surface area (Å²) < 4.78 is 14.8. The molecule has 0 fully saturated rings. The maximum Gasteiger partial charge on any atom is 0.258 e. The van der Waals surface area contributed by atoms with Crippen LogP contribution in [0.3, 0.4) is 0 Å². The van der Waals surface area contributed by atoms with Crippen molar-refractivity contribution in [1.82, 2.24) is 9.78 Å². The van der Waals surface area contributed by atoms with Crippen molar-refractivity contribution < 1.29 is 14.3 Å². The van der Waals surface area contributed by atoms with Crippen molar-refractivity contribution in [3.63, 3.8) is 0 Å². The second-order valence-electron chi connectivity index (χ2n) is 4.40. The van der Waals surface area contributed by atoms with Crippen LogP contribution in [0.1, 0.15) is 21.6 Å². The first-order valence-electron chi connectivity index (χ1n) is 6.22. The smallest absolute Gasteiger partial charge is 0.258 e. The molecule has 1 aromatic heterocycles. The van der Waals surface area contributed by atoms with Gasteiger partial charge >= 0.3 is 0 Å². The van der Waals surface area contributed by atoms with E-state index in [9.17, 15) is 9.18 Å². The van der Waals surface area contributed by atoms with Gasteiger partial charge in [0.25, 0.3) is 5.91 Å². The second-order valence-corrected chi connectivity index (χ2v) is 4.40. The molecule has 0 saturated carbocycles. The third-order valence-corrected chi connectivity index (χ3v) is 2.77. The summed E-state index contributed by atoms with van der Waals surface area (Å²) in [4.78, 5) is 12.3. The van der Waals surface area contributed by atoms with Gasteiger partial charge in [-0.15, -0.1) is 0 Å². The van der Waals surface area contributed by atoms with Crippen LogP contribution in [0.4, 0.5) is 10.2 Å². The Balaban J connectivity index is 2.32. The third kappa shape index (κ3) is 3.46. The molecule has 21 heavy (non-hydrogen) atoms. The fourth-order valence-corrected chi connectivity index (χ4v) is 1.86. The van der Waals surface area contributed by atoms with Crippen molar-refractivity contribution in [2.45, 2.75) is 6.92 Å². The van der Waals surface area contributed by atoms with Crippen LogP contribution in [0, 0.1) is 24.6 Å². The van der Waals surface area contributed by atoms with Crippen molar-refractivity contribution in [3.8, 4) is 11.8 Å². The molecule has 0 atom stereocenters. The van der Waals surface area contributed by atoms with E-state index in [1.807, 2.05) is 6.92 Å². The van der Waals surface area contributed by atoms with Gasteiger partial charge in [0.15, 0.2) is 0 Å². The Kier molecular flexibility index (Phi) is 4.36. The Bertz CT molecular complexity index is 741. The fourth-order valence-electron chi connectivity index (χ4n) is 1.86. The highest BCUT2D eigenvalue weighted by atomic mass is 19.1. The summed E-state index contributed by atoms with van der Waals surface area (Å²) in [6, 6.07) is 5.43. The number of rotatable bonds is 2. The molecule has 0 aliphatic rings. The van der Waals surface area contributed by atoms with Crippen LogP contribution in [0.15, 0.2) is 24.3 Å². The van der Waals surface area contributed by atoms with Crippen LogP contribution in [-0.4, -0.2) is 27.4 Å². The number of hydrogen-bond donors (Lipinski definition) is 2. The van der Waals surface area contributed by atoms with E-state index in [1.54, 1.807) is 13.1 Å². The number of aromatic nitrogens is 2. The molecule has 1 aromatic carbocycles. The van der Waals surface area contributed by atoms with Gasteiger partial charge in [0.05, 0.1) is 11.3 Å². The molecule has 0 unspecified atom stereocenters. The first-order valence-corrected chi connectivity index (χ1v) is 6.22. The molecule has 0 aliphatic heterocycles. The molecule has 0 radical (unpaired) electrons. The van der Waals surface area contributed by atoms with E-state index in [1.165, 1.54) is 16.8 Å². The average Bonchev–Trinajstić information content (AvgIpc) is 2.74. The van der Waals surface area contributed by atoms with Crippen molar-refractivity contribution in [3.05, 3.63) is 46.9 Å². The highest BCUT2D eigenvalue weighted by Crippen LogP contribution is 2.14. The van der Waals surface area contributed by atoms with Crippen LogP contribution in [0.2, 0.25) is 0 Å². The molecule has 2 aromatic rings. The van der Waals surface area contributed by atoms with Gasteiger partial charge in [0.1, 0.15) is 18.2 Å². The van der Waals surface area contributed by atoms with Gasteiger partial charge in [-0.2, -0.15) is 5.10 Å². The Morgan fingerprint density at radius 3 is 2.86 bits per heavy atom. The summed E-state index contributed by atoms with van der Waals surface area (Å²) in [7, 11) is 1.71. The lowest BCUT2D eigenvalue weighted by Gasteiger charge is -2.07. The fraction of sp³-hybridized carbons (Fsp3) is 0.200. The molecular formula is C15H14FN3O2. The van der Waals surface area contributed by atoms with Gasteiger partial charge in [-0.1, -0.05) is 11.8 Å². The summed E-state index contributed by atoms with van der Waals surface area (Å²) >= 11 is 0. The van der Waals surface area contributed by atoms with Crippen LogP contribution in [0.25, 0.3) is 0 Å². The first-order chi connectivity index (χ1) is 10.0. The Morgan fingerprint density at radius 1 is 1.48 bits per heavy atom. The SMILES string of the molecule is Cc1cc(NC(=O)c2ccc(F)cc2C#CCO)n(C)n1. The zero-order chi connectivity index (χ0) is 15.4. The summed E-state index contributed by atoms with van der Waals surface area (Å²) in [6.07, 6.45) is 0. The predicted octanol–water partition coefficient (Wildman–Crippen LogP) is 1.46. The third-order valence-electron chi connectivity index (χ3n) is 2.77. The van der Waals surface area contributed by atoms with Crippen molar-refractivity contribution >= 4 is 11.7 Å². The Hall–Kier alpha value is -2.65. The van der Waals surface area contributed by atoms with Crippen molar-refractivity contribution in [2.75, 3.05) is 11.9 Å². The first kappa shape index (κ1) is 14.8. The highest BCUT2D eigenvalue weighted by molar-refractivity contribution is 6.05. The van der Waals surface area contributed by atoms with Crippen LogP contribution < -0.4 is 5.32 Å². The minimum absolute atomic E-state index is 0.223. The Labute approximate surface area is 121 Å². The number of aliphatic hydroxyl groups is 1. The van der Waals surface area contributed by atoms with E-state index in [2.05, 4.69) is 22.3 Å². The molecule has 0 spiro atoms. The number of anilines is 1. The molecule has 0 bridgehead atoms. The number of carbonyl (C=O) groups excluding carboxylic acids is 1. The van der Waals surface area contributed by atoms with Gasteiger partial charge in [-0.3, -0.25) is 9.48 Å². The van der Waals surface area contributed by atoms with Gasteiger partial charge in [-0.25, -0.2) is 4.39 Å². The summed E-state index contributed by atoms with van der Waals surface area (Å²) in [6.45, 7) is 1.45. The monoisotopic (exact) mass is 287 g/mol. The zero-order valence-corrected chi connectivity index (χ0v) is 11.6. The molecule has 2 rings (SSSR count). The minimum Gasteiger partial charge on any atom is -0.384 e. The number of aliphatic hydroxyl groups excluding tert-OH is 1. The number of halogens is 1. The molecular weight excluding hydrogens is 273 g/mol. The number of carbonyl (C=O) groups is 1. The topological polar surface area (TPSA) is 67.2 Å². The number of nitrogens with one attached hydrogen (secondary N) is 1. The normalized spacial score (nSPS) is 9.90. The van der Waals surface area contributed by atoms with Crippen LogP contribution in [0.5, 0.6) is 0 Å². The number of benzene rings is 1. The predicted molar refractivity (Wildman–Crippen MR) is 76.3 cm³/mol. The number of amides is 1. The minimum atomic E-state index is -0.495. The highest BCUT2D eigenvalue weighted by Gasteiger charge is 2.13. The number of aryl methyl sites for hydroxylation is 2. The summed E-state index contributed by atoms with van der Waals surface area (Å²) in [5, 5.41) is 15.5. The largest absolute Gasteiger partial charge is 0.384 e. The lowest BCUT2D eigenvalue weighted by molar-refractivity contribution is 0.102. The average molecular weight is 287 g/mol. The van der Waals surface area contributed by atoms with Crippen LogP contribution in [-0.2, 0) is 7.05 Å². The number of hydrogen-bond acceptors (Lipinski definition) is 3. The maximum absolute atomic E-state index is 13.3. The zero-order valence-electron chi connectivity index (χ0n) is 11.6. The van der Waals surface area contributed by atoms with E-state index >= 15 is 0 Å². The molecule has 0 aliphatic carbocycles. The lowest BCUT2D eigenvalue weighted by Crippen LogP contribution is -2.16. The number of nitrogens with zero attached hydrogens (tertiary/aromatic N) is 2. The molecule has 108 valence electrons. The van der Waals surface area contributed by atoms with Crippen molar-refractivity contribution in [2.24, 2.45) is 7.05 Å². The van der Waals surface area contributed by atoms with E-state index < -0.39 is 11.7 Å². The molecule has 2 N–H and O–H groups in total. The van der Waals surface area contributed by atoms with Crippen molar-refractivity contribution in [1.29, 1.82) is 0 Å². The van der Waals surface area contributed by atoms with E-state index in [0.29, 0.717) is 5.82 Å². The maximum atomic E-state index is 13.3. The van der Waals surface area contributed by atoms with Gasteiger partial charge < -0.3 is 10.4 Å².